The highest BCUT2D eigenvalue weighted by molar-refractivity contribution is 5.72. The van der Waals surface area contributed by atoms with Crippen molar-refractivity contribution in [2.45, 2.75) is 24.4 Å². The van der Waals surface area contributed by atoms with Crippen LogP contribution in [-0.2, 0) is 0 Å². The average molecular weight is 329 g/mol. The predicted octanol–water partition coefficient (Wildman–Crippen LogP) is -1.79. The second kappa shape index (κ2) is 8.32. The number of hydrogen-bond acceptors (Lipinski definition) is 8. The van der Waals surface area contributed by atoms with Gasteiger partial charge in [-0.15, -0.1) is 0 Å². The lowest BCUT2D eigenvalue weighted by Gasteiger charge is -2.30. The van der Waals surface area contributed by atoms with E-state index in [1.807, 2.05) is 25.1 Å². The van der Waals surface area contributed by atoms with Crippen LogP contribution in [0.15, 0.2) is 18.2 Å². The van der Waals surface area contributed by atoms with E-state index in [1.54, 1.807) is 24.1 Å². The maximum atomic E-state index is 10.0. The van der Waals surface area contributed by atoms with Gasteiger partial charge in [-0.3, -0.25) is 0 Å². The summed E-state index contributed by atoms with van der Waals surface area (Å²) in [4.78, 5) is 3.55. The monoisotopic (exact) mass is 329 g/mol. The molecule has 4 unspecified atom stereocenters. The van der Waals surface area contributed by atoms with Crippen LogP contribution in [0.1, 0.15) is 0 Å². The predicted molar refractivity (Wildman–Crippen MR) is 89.6 cm³/mol. The molecule has 1 rings (SSSR count). The van der Waals surface area contributed by atoms with Crippen LogP contribution in [0.25, 0.3) is 0 Å². The molecule has 0 aliphatic carbocycles. The van der Waals surface area contributed by atoms with Crippen molar-refractivity contribution < 1.29 is 25.5 Å². The summed E-state index contributed by atoms with van der Waals surface area (Å²) in [5.74, 6) is 0. The van der Waals surface area contributed by atoms with Crippen LogP contribution in [0.5, 0.6) is 0 Å². The highest BCUT2D eigenvalue weighted by Gasteiger charge is 2.30. The number of rotatable bonds is 8. The fourth-order valence-corrected chi connectivity index (χ4v) is 2.21. The normalized spacial score (nSPS) is 16.5. The molecule has 0 spiro atoms. The van der Waals surface area contributed by atoms with Gasteiger partial charge < -0.3 is 41.1 Å². The van der Waals surface area contributed by atoms with Gasteiger partial charge in [0.25, 0.3) is 0 Å². The van der Waals surface area contributed by atoms with Crippen LogP contribution >= 0.6 is 0 Å². The first-order valence-electron chi connectivity index (χ1n) is 7.30. The van der Waals surface area contributed by atoms with Crippen molar-refractivity contribution in [2.24, 2.45) is 0 Å². The number of anilines is 3. The topological polar surface area (TPSA) is 134 Å². The van der Waals surface area contributed by atoms with Crippen LogP contribution in [0.2, 0.25) is 0 Å². The molecule has 0 heterocycles. The lowest BCUT2D eigenvalue weighted by atomic mass is 10.0. The van der Waals surface area contributed by atoms with E-state index < -0.39 is 31.0 Å². The minimum absolute atomic E-state index is 0.0210. The summed E-state index contributed by atoms with van der Waals surface area (Å²) in [5.41, 5.74) is 8.10. The van der Waals surface area contributed by atoms with Crippen LogP contribution < -0.4 is 15.5 Å². The molecule has 23 heavy (non-hydrogen) atoms. The molecule has 0 aromatic heterocycles. The van der Waals surface area contributed by atoms with E-state index in [1.165, 1.54) is 0 Å². The Hall–Kier alpha value is -1.58. The molecule has 8 nitrogen and oxygen atoms in total. The van der Waals surface area contributed by atoms with Gasteiger partial charge in [0.1, 0.15) is 18.3 Å². The van der Waals surface area contributed by atoms with Gasteiger partial charge in [-0.2, -0.15) is 0 Å². The zero-order chi connectivity index (χ0) is 17.7. The van der Waals surface area contributed by atoms with E-state index in [4.69, 9.17) is 10.8 Å². The summed E-state index contributed by atoms with van der Waals surface area (Å²) in [6, 6.07) is 5.36. The van der Waals surface area contributed by atoms with Crippen molar-refractivity contribution >= 4 is 17.1 Å². The molecule has 1 aromatic carbocycles. The van der Waals surface area contributed by atoms with Gasteiger partial charge in [0.15, 0.2) is 0 Å². The number of aliphatic hydroxyl groups is 5. The second-order valence-corrected chi connectivity index (χ2v) is 5.82. The maximum absolute atomic E-state index is 10.0. The Kier molecular flexibility index (Phi) is 7.04. The van der Waals surface area contributed by atoms with Crippen LogP contribution in [0.4, 0.5) is 17.1 Å². The Morgan fingerprint density at radius 1 is 1.00 bits per heavy atom. The summed E-state index contributed by atoms with van der Waals surface area (Å²) < 4.78 is 0. The van der Waals surface area contributed by atoms with E-state index in [9.17, 15) is 20.4 Å². The standard InChI is InChI=1S/C15H27N3O5/c1-17(2)11-6-9(4-5-10(11)16)18(3)7-12(20)14(22)15(23)13(21)8-19/h4-6,12-15,19-23H,7-8,16H2,1-3H3. The Bertz CT molecular complexity index is 500. The van der Waals surface area contributed by atoms with Gasteiger partial charge in [-0.05, 0) is 18.2 Å². The number of hydrogen-bond donors (Lipinski definition) is 6. The van der Waals surface area contributed by atoms with Crippen molar-refractivity contribution in [3.63, 3.8) is 0 Å². The molecule has 0 fully saturated rings. The van der Waals surface area contributed by atoms with Crippen LogP contribution in [0, 0.1) is 0 Å². The fraction of sp³-hybridized carbons (Fsp3) is 0.600. The van der Waals surface area contributed by atoms with Crippen molar-refractivity contribution in [1.82, 2.24) is 0 Å². The van der Waals surface area contributed by atoms with Crippen molar-refractivity contribution in [3.8, 4) is 0 Å². The van der Waals surface area contributed by atoms with Gasteiger partial charge in [0.05, 0.1) is 24.1 Å². The molecule has 0 saturated carbocycles. The van der Waals surface area contributed by atoms with E-state index in [-0.39, 0.29) is 6.54 Å². The SMILES string of the molecule is CN(C)c1cc(N(C)CC(O)C(O)C(O)C(O)CO)ccc1N. The molecular weight excluding hydrogens is 302 g/mol. The van der Waals surface area contributed by atoms with E-state index in [2.05, 4.69) is 0 Å². The van der Waals surface area contributed by atoms with Gasteiger partial charge in [-0.25, -0.2) is 0 Å². The third-order valence-electron chi connectivity index (χ3n) is 3.72. The summed E-state index contributed by atoms with van der Waals surface area (Å²) in [6.45, 7) is -0.682. The maximum Gasteiger partial charge on any atom is 0.111 e. The van der Waals surface area contributed by atoms with Gasteiger partial charge >= 0.3 is 0 Å². The minimum Gasteiger partial charge on any atom is -0.397 e. The second-order valence-electron chi connectivity index (χ2n) is 5.82. The van der Waals surface area contributed by atoms with Gasteiger partial charge in [0, 0.05) is 33.4 Å². The van der Waals surface area contributed by atoms with E-state index in [0.29, 0.717) is 5.69 Å². The Morgan fingerprint density at radius 3 is 2.09 bits per heavy atom. The van der Waals surface area contributed by atoms with Crippen molar-refractivity contribution in [3.05, 3.63) is 18.2 Å². The highest BCUT2D eigenvalue weighted by atomic mass is 16.4. The molecule has 1 aromatic rings. The van der Waals surface area contributed by atoms with Gasteiger partial charge in [0.2, 0.25) is 0 Å². The molecule has 0 saturated heterocycles. The number of nitrogens with two attached hydrogens (primary N) is 1. The molecule has 0 aliphatic rings. The Balaban J connectivity index is 2.79. The molecule has 8 heteroatoms. The summed E-state index contributed by atoms with van der Waals surface area (Å²) in [6.07, 6.45) is -6.03. The molecule has 7 N–H and O–H groups in total. The van der Waals surface area contributed by atoms with E-state index in [0.717, 1.165) is 11.4 Å². The number of likely N-dealkylation sites (N-methyl/N-ethyl adjacent to an activating group) is 1. The molecule has 132 valence electrons. The first-order valence-corrected chi connectivity index (χ1v) is 7.30. The molecule has 0 aliphatic heterocycles. The number of aliphatic hydroxyl groups excluding tert-OH is 5. The molecular formula is C15H27N3O5. The fourth-order valence-electron chi connectivity index (χ4n) is 2.21. The van der Waals surface area contributed by atoms with Crippen molar-refractivity contribution in [2.75, 3.05) is 49.8 Å². The molecule has 0 amide bonds. The quantitative estimate of drug-likeness (QED) is 0.308. The smallest absolute Gasteiger partial charge is 0.111 e. The third-order valence-corrected chi connectivity index (χ3v) is 3.72. The first kappa shape index (κ1) is 19.5. The zero-order valence-corrected chi connectivity index (χ0v) is 13.7. The zero-order valence-electron chi connectivity index (χ0n) is 13.7. The third kappa shape index (κ3) is 4.95. The molecule has 4 atom stereocenters. The number of nitrogen functional groups attached to an aromatic ring is 1. The lowest BCUT2D eigenvalue weighted by molar-refractivity contribution is -0.112. The molecule has 0 bridgehead atoms. The summed E-state index contributed by atoms with van der Waals surface area (Å²) in [7, 11) is 5.44. The van der Waals surface area contributed by atoms with Gasteiger partial charge in [-0.1, -0.05) is 0 Å². The van der Waals surface area contributed by atoms with Crippen molar-refractivity contribution in [1.29, 1.82) is 0 Å². The minimum atomic E-state index is -1.63. The van der Waals surface area contributed by atoms with Crippen LogP contribution in [0.3, 0.4) is 0 Å². The summed E-state index contributed by atoms with van der Waals surface area (Å²) >= 11 is 0. The summed E-state index contributed by atoms with van der Waals surface area (Å²) in [5, 5.41) is 47.6. The largest absolute Gasteiger partial charge is 0.397 e. The molecule has 0 radical (unpaired) electrons. The average Bonchev–Trinajstić information content (AvgIpc) is 2.52. The Morgan fingerprint density at radius 2 is 1.57 bits per heavy atom. The lowest BCUT2D eigenvalue weighted by Crippen LogP contribution is -2.49. The highest BCUT2D eigenvalue weighted by Crippen LogP contribution is 2.27. The number of nitrogens with zero attached hydrogens (tertiary/aromatic N) is 2. The van der Waals surface area contributed by atoms with E-state index >= 15 is 0 Å². The first-order chi connectivity index (χ1) is 10.7. The Labute approximate surface area is 136 Å². The van der Waals surface area contributed by atoms with Crippen LogP contribution in [-0.4, -0.2) is 84.2 Å². The number of benzene rings is 1.